The first kappa shape index (κ1) is 14.2. The normalized spacial score (nSPS) is 32.5. The number of carbonyl (C=O) groups is 2. The Kier molecular flexibility index (Phi) is 3.64. The summed E-state index contributed by atoms with van der Waals surface area (Å²) in [4.78, 5) is 28.5. The van der Waals surface area contributed by atoms with Gasteiger partial charge in [0.05, 0.1) is 0 Å². The smallest absolute Gasteiger partial charge is 0.270 e. The van der Waals surface area contributed by atoms with Gasteiger partial charge in [0.2, 0.25) is 5.91 Å². The number of amides is 2. The molecule has 22 heavy (non-hydrogen) atoms. The Balaban J connectivity index is 1.44. The summed E-state index contributed by atoms with van der Waals surface area (Å²) in [5.74, 6) is 1.44. The minimum absolute atomic E-state index is 0.0326. The van der Waals surface area contributed by atoms with Crippen LogP contribution in [0.5, 0.6) is 0 Å². The van der Waals surface area contributed by atoms with Crippen LogP contribution in [0.1, 0.15) is 38.5 Å². The van der Waals surface area contributed by atoms with Crippen molar-refractivity contribution in [2.24, 2.45) is 16.9 Å². The highest BCUT2D eigenvalue weighted by atomic mass is 16.2. The van der Waals surface area contributed by atoms with Crippen molar-refractivity contribution >= 4 is 17.5 Å². The molecule has 120 valence electrons. The van der Waals surface area contributed by atoms with E-state index in [0.29, 0.717) is 30.5 Å². The maximum atomic E-state index is 12.7. The van der Waals surface area contributed by atoms with Crippen LogP contribution in [-0.4, -0.2) is 59.5 Å². The lowest BCUT2D eigenvalue weighted by atomic mass is 9.95. The Hall–Kier alpha value is -1.43. The first-order chi connectivity index (χ1) is 10.7. The highest BCUT2D eigenvalue weighted by Gasteiger charge is 2.39. The molecule has 5 aliphatic rings. The van der Waals surface area contributed by atoms with E-state index >= 15 is 0 Å². The van der Waals surface area contributed by atoms with Crippen molar-refractivity contribution in [3.63, 3.8) is 0 Å². The van der Waals surface area contributed by atoms with Gasteiger partial charge in [-0.25, -0.2) is 5.43 Å². The monoisotopic (exact) mass is 304 g/mol. The first-order valence-electron chi connectivity index (χ1n) is 8.58. The molecule has 0 spiro atoms. The number of hydrogen-bond acceptors (Lipinski definition) is 4. The summed E-state index contributed by atoms with van der Waals surface area (Å²) in [6, 6.07) is 0.516. The molecule has 5 rings (SSSR count). The summed E-state index contributed by atoms with van der Waals surface area (Å²) < 4.78 is 0. The lowest BCUT2D eigenvalue weighted by Crippen LogP contribution is -2.46. The Morgan fingerprint density at radius 2 is 2.00 bits per heavy atom. The number of nitrogens with one attached hydrogen (secondary N) is 1. The molecule has 1 saturated carbocycles. The minimum Gasteiger partial charge on any atom is -0.336 e. The molecule has 4 aliphatic heterocycles. The molecule has 4 heterocycles. The van der Waals surface area contributed by atoms with Crippen LogP contribution >= 0.6 is 0 Å². The predicted octanol–water partition coefficient (Wildman–Crippen LogP) is 0.585. The van der Waals surface area contributed by atoms with Crippen LogP contribution in [0.4, 0.5) is 0 Å². The highest BCUT2D eigenvalue weighted by Crippen LogP contribution is 2.34. The second kappa shape index (κ2) is 5.65. The summed E-state index contributed by atoms with van der Waals surface area (Å²) in [5, 5.41) is 3.98. The molecule has 1 aliphatic carbocycles. The van der Waals surface area contributed by atoms with Gasteiger partial charge in [0.1, 0.15) is 5.71 Å². The maximum absolute atomic E-state index is 12.7. The Bertz CT molecular complexity index is 514. The highest BCUT2D eigenvalue weighted by molar-refractivity contribution is 6.39. The number of nitrogens with zero attached hydrogens (tertiary/aromatic N) is 3. The molecular weight excluding hydrogens is 280 g/mol. The predicted molar refractivity (Wildman–Crippen MR) is 82.2 cm³/mol. The van der Waals surface area contributed by atoms with E-state index < -0.39 is 0 Å². The third kappa shape index (κ3) is 2.89. The molecule has 4 fully saturated rings. The lowest BCUT2D eigenvalue weighted by Gasteiger charge is -2.36. The van der Waals surface area contributed by atoms with Crippen LogP contribution in [-0.2, 0) is 9.59 Å². The first-order valence-corrected chi connectivity index (χ1v) is 8.58. The van der Waals surface area contributed by atoms with Gasteiger partial charge in [-0.1, -0.05) is 0 Å². The van der Waals surface area contributed by atoms with Gasteiger partial charge in [0.15, 0.2) is 0 Å². The zero-order valence-electron chi connectivity index (χ0n) is 13.0. The third-order valence-corrected chi connectivity index (χ3v) is 5.46. The van der Waals surface area contributed by atoms with Crippen LogP contribution in [0, 0.1) is 11.8 Å². The van der Waals surface area contributed by atoms with Crippen LogP contribution in [0.15, 0.2) is 5.10 Å². The van der Waals surface area contributed by atoms with Gasteiger partial charge >= 0.3 is 0 Å². The summed E-state index contributed by atoms with van der Waals surface area (Å²) in [6.07, 6.45) is 6.06. The number of carbonyl (C=O) groups excluding carboxylic acids is 2. The number of fused-ring (bicyclic) bond motifs is 4. The molecule has 6 nitrogen and oxygen atoms in total. The molecule has 2 bridgehead atoms. The molecule has 2 amide bonds. The fourth-order valence-electron chi connectivity index (χ4n) is 4.01. The quantitative estimate of drug-likeness (QED) is 0.830. The van der Waals surface area contributed by atoms with Crippen molar-refractivity contribution in [1.29, 1.82) is 0 Å². The SMILES string of the molecule is O=C1CCC(C(=O)N2C[C@H]3CC[C@@H](C2)N(CC2CC2)C3)=NN1. The number of rotatable bonds is 3. The topological polar surface area (TPSA) is 65.0 Å². The molecule has 0 radical (unpaired) electrons. The number of hydrazone groups is 1. The molecule has 0 aromatic rings. The largest absolute Gasteiger partial charge is 0.336 e. The van der Waals surface area contributed by atoms with Gasteiger partial charge in [-0.3, -0.25) is 14.5 Å². The molecule has 0 unspecified atom stereocenters. The Labute approximate surface area is 130 Å². The van der Waals surface area contributed by atoms with Gasteiger partial charge < -0.3 is 4.90 Å². The zero-order valence-corrected chi connectivity index (χ0v) is 13.0. The molecular formula is C16H24N4O2. The van der Waals surface area contributed by atoms with Crippen LogP contribution < -0.4 is 5.43 Å². The van der Waals surface area contributed by atoms with Crippen molar-refractivity contribution in [3.8, 4) is 0 Å². The maximum Gasteiger partial charge on any atom is 0.270 e. The minimum atomic E-state index is -0.0944. The Morgan fingerprint density at radius 1 is 1.14 bits per heavy atom. The average molecular weight is 304 g/mol. The van der Waals surface area contributed by atoms with Crippen molar-refractivity contribution in [2.75, 3.05) is 26.2 Å². The van der Waals surface area contributed by atoms with Gasteiger partial charge in [0.25, 0.3) is 5.91 Å². The van der Waals surface area contributed by atoms with E-state index in [1.165, 1.54) is 32.2 Å². The fourth-order valence-corrected chi connectivity index (χ4v) is 4.01. The van der Waals surface area contributed by atoms with Crippen LogP contribution in [0.2, 0.25) is 0 Å². The van der Waals surface area contributed by atoms with Crippen LogP contribution in [0.25, 0.3) is 0 Å². The van der Waals surface area contributed by atoms with Crippen LogP contribution in [0.3, 0.4) is 0 Å². The van der Waals surface area contributed by atoms with E-state index in [0.717, 1.165) is 25.6 Å². The lowest BCUT2D eigenvalue weighted by molar-refractivity contribution is -0.125. The van der Waals surface area contributed by atoms with E-state index in [-0.39, 0.29) is 11.8 Å². The summed E-state index contributed by atoms with van der Waals surface area (Å²) >= 11 is 0. The zero-order chi connectivity index (χ0) is 15.1. The van der Waals surface area contributed by atoms with Gasteiger partial charge in [0, 0.05) is 45.1 Å². The van der Waals surface area contributed by atoms with Crippen molar-refractivity contribution in [1.82, 2.24) is 15.2 Å². The van der Waals surface area contributed by atoms with Crippen molar-refractivity contribution < 1.29 is 9.59 Å². The number of hydrogen-bond donors (Lipinski definition) is 1. The summed E-state index contributed by atoms with van der Waals surface area (Å²) in [6.45, 7) is 4.05. The van der Waals surface area contributed by atoms with Crippen molar-refractivity contribution in [3.05, 3.63) is 0 Å². The summed E-state index contributed by atoms with van der Waals surface area (Å²) in [7, 11) is 0. The van der Waals surface area contributed by atoms with Gasteiger partial charge in [-0.05, 0) is 37.5 Å². The molecule has 2 atom stereocenters. The number of piperidine rings is 1. The second-order valence-corrected chi connectivity index (χ2v) is 7.30. The molecule has 0 aromatic carbocycles. The van der Waals surface area contributed by atoms with E-state index in [1.807, 2.05) is 4.90 Å². The van der Waals surface area contributed by atoms with E-state index in [9.17, 15) is 9.59 Å². The molecule has 3 saturated heterocycles. The standard InChI is InChI=1S/C16H24N4O2/c21-15-6-5-14(17-18-15)16(22)20-9-12-3-4-13(10-20)19(8-12)7-11-1-2-11/h11-13H,1-10H2,(H,18,21)/t12-,13-/m0/s1. The molecule has 0 aromatic heterocycles. The Morgan fingerprint density at radius 3 is 2.73 bits per heavy atom. The third-order valence-electron chi connectivity index (χ3n) is 5.46. The molecule has 1 N–H and O–H groups in total. The molecule has 6 heteroatoms. The van der Waals surface area contributed by atoms with E-state index in [2.05, 4.69) is 15.4 Å². The van der Waals surface area contributed by atoms with Crippen molar-refractivity contribution in [2.45, 2.75) is 44.6 Å². The van der Waals surface area contributed by atoms with E-state index in [1.54, 1.807) is 0 Å². The summed E-state index contributed by atoms with van der Waals surface area (Å²) in [5.41, 5.74) is 2.96. The van der Waals surface area contributed by atoms with Gasteiger partial charge in [-0.2, -0.15) is 5.10 Å². The average Bonchev–Trinajstić information content (AvgIpc) is 3.35. The second-order valence-electron chi connectivity index (χ2n) is 7.30. The van der Waals surface area contributed by atoms with Gasteiger partial charge in [-0.15, -0.1) is 0 Å². The van der Waals surface area contributed by atoms with E-state index in [4.69, 9.17) is 0 Å². The fraction of sp³-hybridized carbons (Fsp3) is 0.812.